The van der Waals surface area contributed by atoms with Crippen LogP contribution in [-0.2, 0) is 5.41 Å². The number of hydrogen-bond acceptors (Lipinski definition) is 2. The Labute approximate surface area is 145 Å². The van der Waals surface area contributed by atoms with Crippen LogP contribution in [0.3, 0.4) is 0 Å². The number of hydrazone groups is 1. The highest BCUT2D eigenvalue weighted by atomic mass is 79.9. The molecule has 2 aromatic carbocycles. The molecule has 0 radical (unpaired) electrons. The summed E-state index contributed by atoms with van der Waals surface area (Å²) in [4.78, 5) is 12.1. The summed E-state index contributed by atoms with van der Waals surface area (Å²) >= 11 is 3.35. The third kappa shape index (κ3) is 4.76. The van der Waals surface area contributed by atoms with E-state index in [1.54, 1.807) is 12.1 Å². The van der Waals surface area contributed by atoms with Crippen molar-refractivity contribution in [2.24, 2.45) is 5.10 Å². The number of hydrogen-bond donors (Lipinski definition) is 1. The number of carbonyl (C=O) groups is 1. The SMILES string of the molecule is CC(=NNC(=O)c1cccc(Br)c1)c1ccc(C(C)(C)C)cc1. The van der Waals surface area contributed by atoms with Crippen molar-refractivity contribution < 1.29 is 4.79 Å². The third-order valence-electron chi connectivity index (χ3n) is 3.58. The van der Waals surface area contributed by atoms with E-state index in [2.05, 4.69) is 59.4 Å². The summed E-state index contributed by atoms with van der Waals surface area (Å²) in [7, 11) is 0. The van der Waals surface area contributed by atoms with E-state index < -0.39 is 0 Å². The van der Waals surface area contributed by atoms with Crippen LogP contribution >= 0.6 is 15.9 Å². The molecule has 0 spiro atoms. The Morgan fingerprint density at radius 3 is 2.26 bits per heavy atom. The number of benzene rings is 2. The summed E-state index contributed by atoms with van der Waals surface area (Å²) in [5, 5.41) is 4.19. The molecule has 0 saturated carbocycles. The van der Waals surface area contributed by atoms with E-state index in [0.717, 1.165) is 15.7 Å². The van der Waals surface area contributed by atoms with Crippen molar-refractivity contribution in [3.63, 3.8) is 0 Å². The molecule has 4 heteroatoms. The van der Waals surface area contributed by atoms with Gasteiger partial charge in [0.25, 0.3) is 5.91 Å². The Bertz CT molecular complexity index is 728. The van der Waals surface area contributed by atoms with E-state index in [0.29, 0.717) is 5.56 Å². The van der Waals surface area contributed by atoms with Gasteiger partial charge < -0.3 is 0 Å². The first-order valence-corrected chi connectivity index (χ1v) is 8.28. The highest BCUT2D eigenvalue weighted by Gasteiger charge is 2.13. The van der Waals surface area contributed by atoms with Crippen LogP contribution in [0.25, 0.3) is 0 Å². The largest absolute Gasteiger partial charge is 0.271 e. The molecule has 0 fully saturated rings. The molecule has 1 amide bonds. The fourth-order valence-electron chi connectivity index (χ4n) is 2.10. The zero-order valence-corrected chi connectivity index (χ0v) is 15.4. The fraction of sp³-hybridized carbons (Fsp3) is 0.263. The minimum absolute atomic E-state index is 0.124. The molecule has 0 bridgehead atoms. The van der Waals surface area contributed by atoms with Gasteiger partial charge in [-0.15, -0.1) is 0 Å². The summed E-state index contributed by atoms with van der Waals surface area (Å²) in [5.74, 6) is -0.225. The Hall–Kier alpha value is -1.94. The second-order valence-corrected chi connectivity index (χ2v) is 7.39. The summed E-state index contributed by atoms with van der Waals surface area (Å²) < 4.78 is 0.864. The number of nitrogens with one attached hydrogen (secondary N) is 1. The Balaban J connectivity index is 2.09. The number of carbonyl (C=O) groups excluding carboxylic acids is 1. The van der Waals surface area contributed by atoms with Gasteiger partial charge in [0.05, 0.1) is 5.71 Å². The van der Waals surface area contributed by atoms with Gasteiger partial charge in [-0.25, -0.2) is 5.43 Å². The van der Waals surface area contributed by atoms with Gasteiger partial charge in [-0.1, -0.05) is 67.0 Å². The maximum absolute atomic E-state index is 12.1. The second kappa shape index (κ2) is 7.09. The first-order chi connectivity index (χ1) is 10.8. The topological polar surface area (TPSA) is 41.5 Å². The number of amides is 1. The van der Waals surface area contributed by atoms with Gasteiger partial charge in [-0.3, -0.25) is 4.79 Å². The summed E-state index contributed by atoms with van der Waals surface area (Å²) in [6.45, 7) is 8.43. The molecular formula is C19H21BrN2O. The lowest BCUT2D eigenvalue weighted by Gasteiger charge is -2.19. The molecule has 0 aliphatic rings. The molecule has 2 aromatic rings. The van der Waals surface area contributed by atoms with Gasteiger partial charge in [-0.2, -0.15) is 5.10 Å². The quantitative estimate of drug-likeness (QED) is 0.603. The predicted molar refractivity (Wildman–Crippen MR) is 99.0 cm³/mol. The molecule has 2 rings (SSSR count). The van der Waals surface area contributed by atoms with Gasteiger partial charge in [0.15, 0.2) is 0 Å². The lowest BCUT2D eigenvalue weighted by atomic mass is 9.86. The molecule has 3 nitrogen and oxygen atoms in total. The molecule has 1 N–H and O–H groups in total. The molecule has 0 atom stereocenters. The lowest BCUT2D eigenvalue weighted by molar-refractivity contribution is 0.0955. The van der Waals surface area contributed by atoms with E-state index in [-0.39, 0.29) is 11.3 Å². The van der Waals surface area contributed by atoms with E-state index in [1.807, 2.05) is 31.2 Å². The normalized spacial score (nSPS) is 12.1. The predicted octanol–water partition coefficient (Wildman–Crippen LogP) is 4.90. The highest BCUT2D eigenvalue weighted by Crippen LogP contribution is 2.22. The van der Waals surface area contributed by atoms with Crippen LogP contribution in [0.2, 0.25) is 0 Å². The Morgan fingerprint density at radius 2 is 1.70 bits per heavy atom. The Morgan fingerprint density at radius 1 is 1.04 bits per heavy atom. The van der Waals surface area contributed by atoms with Gasteiger partial charge in [-0.05, 0) is 41.7 Å². The molecule has 0 heterocycles. The van der Waals surface area contributed by atoms with Gasteiger partial charge in [0, 0.05) is 10.0 Å². The van der Waals surface area contributed by atoms with E-state index in [1.165, 1.54) is 5.56 Å². The van der Waals surface area contributed by atoms with Crippen molar-refractivity contribution in [2.75, 3.05) is 0 Å². The van der Waals surface area contributed by atoms with Crippen molar-refractivity contribution in [3.05, 3.63) is 69.7 Å². The average molecular weight is 373 g/mol. The van der Waals surface area contributed by atoms with Gasteiger partial charge >= 0.3 is 0 Å². The zero-order valence-electron chi connectivity index (χ0n) is 13.9. The molecular weight excluding hydrogens is 352 g/mol. The van der Waals surface area contributed by atoms with Gasteiger partial charge in [0.1, 0.15) is 0 Å². The maximum Gasteiger partial charge on any atom is 0.271 e. The van der Waals surface area contributed by atoms with E-state index in [9.17, 15) is 4.79 Å². The lowest BCUT2D eigenvalue weighted by Crippen LogP contribution is -2.19. The van der Waals surface area contributed by atoms with Crippen LogP contribution in [0.4, 0.5) is 0 Å². The summed E-state index contributed by atoms with van der Waals surface area (Å²) in [6.07, 6.45) is 0. The third-order valence-corrected chi connectivity index (χ3v) is 4.07. The van der Waals surface area contributed by atoms with E-state index >= 15 is 0 Å². The standard InChI is InChI=1S/C19H21BrN2O/c1-13(14-8-10-16(11-9-14)19(2,3)4)21-22-18(23)15-6-5-7-17(20)12-15/h5-12H,1-4H3,(H,22,23). The van der Waals surface area contributed by atoms with Gasteiger partial charge in [0.2, 0.25) is 0 Å². The zero-order chi connectivity index (χ0) is 17.0. The minimum atomic E-state index is -0.225. The van der Waals surface area contributed by atoms with Crippen molar-refractivity contribution >= 4 is 27.5 Å². The Kier molecular flexibility index (Phi) is 5.37. The molecule has 23 heavy (non-hydrogen) atoms. The number of rotatable bonds is 3. The van der Waals surface area contributed by atoms with Crippen molar-refractivity contribution in [3.8, 4) is 0 Å². The minimum Gasteiger partial charge on any atom is -0.267 e. The molecule has 120 valence electrons. The smallest absolute Gasteiger partial charge is 0.267 e. The highest BCUT2D eigenvalue weighted by molar-refractivity contribution is 9.10. The number of nitrogens with zero attached hydrogens (tertiary/aromatic N) is 1. The van der Waals surface area contributed by atoms with Crippen LogP contribution in [0.1, 0.15) is 49.2 Å². The van der Waals surface area contributed by atoms with Crippen molar-refractivity contribution in [2.45, 2.75) is 33.1 Å². The molecule has 0 aliphatic carbocycles. The molecule has 0 unspecified atom stereocenters. The average Bonchev–Trinajstić information content (AvgIpc) is 2.51. The molecule has 0 aliphatic heterocycles. The first kappa shape index (κ1) is 17.4. The fourth-order valence-corrected chi connectivity index (χ4v) is 2.50. The van der Waals surface area contributed by atoms with Crippen molar-refractivity contribution in [1.82, 2.24) is 5.43 Å². The van der Waals surface area contributed by atoms with Crippen LogP contribution in [0, 0.1) is 0 Å². The maximum atomic E-state index is 12.1. The van der Waals surface area contributed by atoms with Crippen LogP contribution in [-0.4, -0.2) is 11.6 Å². The van der Waals surface area contributed by atoms with Crippen LogP contribution in [0.5, 0.6) is 0 Å². The number of halogens is 1. The molecule has 0 aromatic heterocycles. The van der Waals surface area contributed by atoms with Crippen LogP contribution in [0.15, 0.2) is 58.1 Å². The first-order valence-electron chi connectivity index (χ1n) is 7.48. The van der Waals surface area contributed by atoms with Crippen LogP contribution < -0.4 is 5.43 Å². The second-order valence-electron chi connectivity index (χ2n) is 6.48. The van der Waals surface area contributed by atoms with Crippen molar-refractivity contribution in [1.29, 1.82) is 0 Å². The monoisotopic (exact) mass is 372 g/mol. The van der Waals surface area contributed by atoms with E-state index in [4.69, 9.17) is 0 Å². The summed E-state index contributed by atoms with van der Waals surface area (Å²) in [5.41, 5.74) is 6.33. The molecule has 0 saturated heterocycles. The summed E-state index contributed by atoms with van der Waals surface area (Å²) in [6, 6.07) is 15.5.